The van der Waals surface area contributed by atoms with Crippen LogP contribution in [-0.2, 0) is 10.5 Å². The number of amidine groups is 1. The molecule has 0 saturated carbocycles. The molecule has 1 heterocycles. The van der Waals surface area contributed by atoms with Crippen molar-refractivity contribution >= 4 is 23.5 Å². The van der Waals surface area contributed by atoms with Crippen molar-refractivity contribution < 1.29 is 4.79 Å². The van der Waals surface area contributed by atoms with E-state index in [0.717, 1.165) is 5.56 Å². The summed E-state index contributed by atoms with van der Waals surface area (Å²) in [6.07, 6.45) is 1.62. The number of carbonyl (C=O) groups excluding carboxylic acids is 1. The first-order valence-corrected chi connectivity index (χ1v) is 6.42. The minimum absolute atomic E-state index is 0.0401. The SMILES string of the molecule is CCNC(=O)CSCc1ccnc(C(=N)N)c1. The Hall–Kier alpha value is -1.56. The van der Waals surface area contributed by atoms with Gasteiger partial charge in [0.05, 0.1) is 5.75 Å². The zero-order valence-electron chi connectivity index (χ0n) is 9.69. The standard InChI is InChI=1S/C11H16N4OS/c1-2-14-10(16)7-17-6-8-3-4-15-9(5-8)11(12)13/h3-5H,2,6-7H2,1H3,(H3,12,13)(H,14,16). The third-order valence-electron chi connectivity index (χ3n) is 1.98. The molecular formula is C11H16N4OS. The highest BCUT2D eigenvalue weighted by Crippen LogP contribution is 2.12. The van der Waals surface area contributed by atoms with Crippen molar-refractivity contribution in [2.75, 3.05) is 12.3 Å². The summed E-state index contributed by atoms with van der Waals surface area (Å²) in [6, 6.07) is 3.63. The number of carbonyl (C=O) groups is 1. The van der Waals surface area contributed by atoms with Gasteiger partial charge in [-0.2, -0.15) is 0 Å². The third kappa shape index (κ3) is 4.86. The molecule has 92 valence electrons. The lowest BCUT2D eigenvalue weighted by atomic mass is 10.2. The molecule has 0 atom stereocenters. The van der Waals surface area contributed by atoms with Gasteiger partial charge in [0.2, 0.25) is 5.91 Å². The molecule has 0 aromatic carbocycles. The van der Waals surface area contributed by atoms with E-state index < -0.39 is 0 Å². The summed E-state index contributed by atoms with van der Waals surface area (Å²) in [5.41, 5.74) is 6.84. The van der Waals surface area contributed by atoms with Crippen molar-refractivity contribution in [3.63, 3.8) is 0 Å². The topological polar surface area (TPSA) is 91.9 Å². The predicted octanol–water partition coefficient (Wildman–Crippen LogP) is 0.735. The average Bonchev–Trinajstić information content (AvgIpc) is 2.30. The van der Waals surface area contributed by atoms with Gasteiger partial charge < -0.3 is 11.1 Å². The van der Waals surface area contributed by atoms with E-state index in [-0.39, 0.29) is 11.7 Å². The number of nitrogens with zero attached hydrogens (tertiary/aromatic N) is 1. The van der Waals surface area contributed by atoms with Crippen LogP contribution < -0.4 is 11.1 Å². The Morgan fingerprint density at radius 3 is 3.06 bits per heavy atom. The molecule has 0 aliphatic carbocycles. The molecular weight excluding hydrogens is 236 g/mol. The van der Waals surface area contributed by atoms with E-state index in [1.165, 1.54) is 11.8 Å². The molecule has 0 fully saturated rings. The zero-order valence-corrected chi connectivity index (χ0v) is 10.5. The molecule has 1 aromatic heterocycles. The van der Waals surface area contributed by atoms with Gasteiger partial charge in [-0.05, 0) is 24.6 Å². The van der Waals surface area contributed by atoms with Gasteiger partial charge in [-0.15, -0.1) is 11.8 Å². The first-order valence-electron chi connectivity index (χ1n) is 5.27. The highest BCUT2D eigenvalue weighted by Gasteiger charge is 2.02. The number of aromatic nitrogens is 1. The number of rotatable bonds is 6. The fourth-order valence-electron chi connectivity index (χ4n) is 1.22. The quantitative estimate of drug-likeness (QED) is 0.514. The number of nitrogen functional groups attached to an aromatic ring is 1. The van der Waals surface area contributed by atoms with Crippen LogP contribution >= 0.6 is 11.8 Å². The maximum atomic E-state index is 11.2. The molecule has 1 amide bonds. The fourth-order valence-corrected chi connectivity index (χ4v) is 2.03. The molecule has 0 spiro atoms. The van der Waals surface area contributed by atoms with Gasteiger partial charge in [-0.25, -0.2) is 0 Å². The van der Waals surface area contributed by atoms with E-state index in [9.17, 15) is 4.79 Å². The monoisotopic (exact) mass is 252 g/mol. The summed E-state index contributed by atoms with van der Waals surface area (Å²) < 4.78 is 0. The van der Waals surface area contributed by atoms with E-state index in [0.29, 0.717) is 23.7 Å². The second-order valence-corrected chi connectivity index (χ2v) is 4.39. The Kier molecular flexibility index (Phi) is 5.48. The molecule has 6 heteroatoms. The van der Waals surface area contributed by atoms with E-state index in [1.54, 1.807) is 12.3 Å². The van der Waals surface area contributed by atoms with Crippen molar-refractivity contribution in [3.05, 3.63) is 29.6 Å². The van der Waals surface area contributed by atoms with Crippen LogP contribution in [0.2, 0.25) is 0 Å². The van der Waals surface area contributed by atoms with Gasteiger partial charge in [0, 0.05) is 18.5 Å². The first-order chi connectivity index (χ1) is 8.13. The Labute approximate surface area is 105 Å². The summed E-state index contributed by atoms with van der Waals surface area (Å²) in [5.74, 6) is 1.14. The highest BCUT2D eigenvalue weighted by molar-refractivity contribution is 7.99. The summed E-state index contributed by atoms with van der Waals surface area (Å²) >= 11 is 1.52. The van der Waals surface area contributed by atoms with E-state index in [4.69, 9.17) is 11.1 Å². The molecule has 5 nitrogen and oxygen atoms in total. The van der Waals surface area contributed by atoms with Gasteiger partial charge >= 0.3 is 0 Å². The summed E-state index contributed by atoms with van der Waals surface area (Å²) in [5, 5.41) is 10.0. The van der Waals surface area contributed by atoms with Crippen LogP contribution in [0.5, 0.6) is 0 Å². The second kappa shape index (κ2) is 6.90. The third-order valence-corrected chi connectivity index (χ3v) is 2.98. The molecule has 0 unspecified atom stereocenters. The van der Waals surface area contributed by atoms with Crippen molar-refractivity contribution in [2.24, 2.45) is 5.73 Å². The van der Waals surface area contributed by atoms with Gasteiger partial charge in [0.1, 0.15) is 11.5 Å². The molecule has 17 heavy (non-hydrogen) atoms. The first kappa shape index (κ1) is 13.5. The van der Waals surface area contributed by atoms with Gasteiger partial charge in [0.15, 0.2) is 0 Å². The van der Waals surface area contributed by atoms with E-state index in [2.05, 4.69) is 10.3 Å². The van der Waals surface area contributed by atoms with Crippen LogP contribution in [0.1, 0.15) is 18.2 Å². The lowest BCUT2D eigenvalue weighted by Crippen LogP contribution is -2.24. The van der Waals surface area contributed by atoms with Crippen molar-refractivity contribution in [3.8, 4) is 0 Å². The molecule has 0 saturated heterocycles. The molecule has 0 aliphatic heterocycles. The lowest BCUT2D eigenvalue weighted by Gasteiger charge is -2.04. The average molecular weight is 252 g/mol. The van der Waals surface area contributed by atoms with E-state index in [1.807, 2.05) is 13.0 Å². The maximum absolute atomic E-state index is 11.2. The zero-order chi connectivity index (χ0) is 12.7. The summed E-state index contributed by atoms with van der Waals surface area (Å²) in [7, 11) is 0. The Morgan fingerprint density at radius 2 is 2.41 bits per heavy atom. The van der Waals surface area contributed by atoms with E-state index >= 15 is 0 Å². The fraction of sp³-hybridized carbons (Fsp3) is 0.364. The Morgan fingerprint density at radius 1 is 1.65 bits per heavy atom. The Bertz CT molecular complexity index is 408. The van der Waals surface area contributed by atoms with Gasteiger partial charge in [-0.1, -0.05) is 0 Å². The highest BCUT2D eigenvalue weighted by atomic mass is 32.2. The largest absolute Gasteiger partial charge is 0.382 e. The normalized spacial score (nSPS) is 9.94. The maximum Gasteiger partial charge on any atom is 0.229 e. The number of hydrogen-bond acceptors (Lipinski definition) is 4. The van der Waals surface area contributed by atoms with Gasteiger partial charge in [0.25, 0.3) is 0 Å². The van der Waals surface area contributed by atoms with Crippen molar-refractivity contribution in [1.82, 2.24) is 10.3 Å². The molecule has 1 aromatic rings. The van der Waals surface area contributed by atoms with Crippen LogP contribution in [0.15, 0.2) is 18.3 Å². The lowest BCUT2D eigenvalue weighted by molar-refractivity contribution is -0.118. The molecule has 0 bridgehead atoms. The molecule has 0 radical (unpaired) electrons. The van der Waals surface area contributed by atoms with Crippen LogP contribution in [0, 0.1) is 5.41 Å². The predicted molar refractivity (Wildman–Crippen MR) is 70.1 cm³/mol. The molecule has 4 N–H and O–H groups in total. The number of nitrogens with two attached hydrogens (primary N) is 1. The van der Waals surface area contributed by atoms with Crippen molar-refractivity contribution in [1.29, 1.82) is 5.41 Å². The summed E-state index contributed by atoms with van der Waals surface area (Å²) in [6.45, 7) is 2.55. The Balaban J connectivity index is 2.44. The number of amides is 1. The van der Waals surface area contributed by atoms with Crippen LogP contribution in [-0.4, -0.2) is 29.0 Å². The van der Waals surface area contributed by atoms with Crippen LogP contribution in [0.25, 0.3) is 0 Å². The summed E-state index contributed by atoms with van der Waals surface area (Å²) in [4.78, 5) is 15.2. The number of hydrogen-bond donors (Lipinski definition) is 3. The molecule has 1 rings (SSSR count). The number of thioether (sulfide) groups is 1. The smallest absolute Gasteiger partial charge is 0.229 e. The molecule has 0 aliphatic rings. The number of pyridine rings is 1. The van der Waals surface area contributed by atoms with Crippen molar-refractivity contribution in [2.45, 2.75) is 12.7 Å². The number of nitrogens with one attached hydrogen (secondary N) is 2. The minimum atomic E-state index is -0.0411. The second-order valence-electron chi connectivity index (χ2n) is 3.41. The van der Waals surface area contributed by atoms with Gasteiger partial charge in [-0.3, -0.25) is 15.2 Å². The van der Waals surface area contributed by atoms with Crippen LogP contribution in [0.3, 0.4) is 0 Å². The minimum Gasteiger partial charge on any atom is -0.382 e. The van der Waals surface area contributed by atoms with Crippen LogP contribution in [0.4, 0.5) is 0 Å².